The molecule has 0 spiro atoms. The minimum absolute atomic E-state index is 0.0908. The molecular formula is C30H36F4N6O2S. The van der Waals surface area contributed by atoms with Gasteiger partial charge >= 0.3 is 12.1 Å². The van der Waals surface area contributed by atoms with E-state index in [0.717, 1.165) is 74.6 Å². The summed E-state index contributed by atoms with van der Waals surface area (Å²) in [5, 5.41) is 3.70. The number of carbonyl (C=O) groups is 1. The van der Waals surface area contributed by atoms with E-state index in [1.54, 1.807) is 6.92 Å². The Hall–Kier alpha value is -3.32. The molecule has 0 amide bonds. The average molecular weight is 621 g/mol. The summed E-state index contributed by atoms with van der Waals surface area (Å²) in [7, 11) is 1.40. The Bertz CT molecular complexity index is 1440. The minimum Gasteiger partial charge on any atom is -0.469 e. The van der Waals surface area contributed by atoms with Crippen molar-refractivity contribution in [3.63, 3.8) is 0 Å². The Labute approximate surface area is 252 Å². The van der Waals surface area contributed by atoms with Gasteiger partial charge < -0.3 is 15.0 Å². The Balaban J connectivity index is 1.38. The van der Waals surface area contributed by atoms with Crippen molar-refractivity contribution in [1.29, 1.82) is 0 Å². The molecule has 13 heteroatoms. The number of anilines is 3. The van der Waals surface area contributed by atoms with Crippen LogP contribution < -0.4 is 10.2 Å². The number of hydrogen-bond acceptors (Lipinski definition) is 9. The third-order valence-electron chi connectivity index (χ3n) is 8.22. The van der Waals surface area contributed by atoms with Crippen molar-refractivity contribution in [3.05, 3.63) is 46.3 Å². The Kier molecular flexibility index (Phi) is 9.50. The van der Waals surface area contributed by atoms with Gasteiger partial charge in [-0.2, -0.15) is 13.2 Å². The lowest BCUT2D eigenvalue weighted by Crippen LogP contribution is -2.34. The number of alkyl halides is 3. The lowest BCUT2D eigenvalue weighted by Gasteiger charge is -2.33. The third kappa shape index (κ3) is 7.80. The molecule has 2 fully saturated rings. The van der Waals surface area contributed by atoms with E-state index in [9.17, 15) is 22.4 Å². The highest BCUT2D eigenvalue weighted by Gasteiger charge is 2.32. The van der Waals surface area contributed by atoms with Crippen molar-refractivity contribution in [2.45, 2.75) is 71.1 Å². The summed E-state index contributed by atoms with van der Waals surface area (Å²) in [5.74, 6) is 1.15. The van der Waals surface area contributed by atoms with Gasteiger partial charge in [-0.25, -0.2) is 19.3 Å². The maximum Gasteiger partial charge on any atom is 0.416 e. The zero-order chi connectivity index (χ0) is 30.7. The molecule has 0 aliphatic carbocycles. The lowest BCUT2D eigenvalue weighted by molar-refractivity contribution is -0.141. The summed E-state index contributed by atoms with van der Waals surface area (Å²) in [6.45, 7) is 6.91. The number of esters is 1. The van der Waals surface area contributed by atoms with Crippen LogP contribution in [-0.2, 0) is 22.3 Å². The number of methoxy groups -OCH3 is 1. The first-order valence-corrected chi connectivity index (χ1v) is 15.4. The highest BCUT2D eigenvalue weighted by atomic mass is 32.1. The van der Waals surface area contributed by atoms with Crippen molar-refractivity contribution in [2.75, 3.05) is 37.0 Å². The fraction of sp³-hybridized carbons (Fsp3) is 0.533. The molecule has 3 aromatic rings. The van der Waals surface area contributed by atoms with Crippen LogP contribution >= 0.6 is 11.3 Å². The van der Waals surface area contributed by atoms with Gasteiger partial charge in [-0.3, -0.25) is 9.69 Å². The standard InChI is InChI=1S/C30H36F4N6O2S/c1-18-5-4-10-40(18)17-24-28(21-13-22(30(32,33)34)15-23(31)14-21)38-29(43-24)37-25-16-26(36-19(2)35-25)39-11-8-20(9-12-39)6-7-27(41)42-3/h13-16,18,20H,4-12,17H2,1-3H3,(H,35,36,37,38)/t18-/m1/s1. The lowest BCUT2D eigenvalue weighted by atomic mass is 9.92. The van der Waals surface area contributed by atoms with E-state index in [-0.39, 0.29) is 11.5 Å². The first-order chi connectivity index (χ1) is 20.5. The van der Waals surface area contributed by atoms with Crippen LogP contribution in [0.15, 0.2) is 24.3 Å². The molecular weight excluding hydrogens is 584 g/mol. The van der Waals surface area contributed by atoms with Gasteiger partial charge in [0.2, 0.25) is 0 Å². The van der Waals surface area contributed by atoms with E-state index in [0.29, 0.717) is 53.5 Å². The van der Waals surface area contributed by atoms with E-state index >= 15 is 0 Å². The normalized spacial score (nSPS) is 18.3. The van der Waals surface area contributed by atoms with Gasteiger partial charge in [0, 0.05) is 48.6 Å². The molecule has 8 nitrogen and oxygen atoms in total. The number of ether oxygens (including phenoxy) is 1. The number of nitrogens with one attached hydrogen (secondary N) is 1. The van der Waals surface area contributed by atoms with Crippen molar-refractivity contribution >= 4 is 34.1 Å². The molecule has 0 bridgehead atoms. The van der Waals surface area contributed by atoms with Gasteiger partial charge in [-0.15, -0.1) is 0 Å². The first-order valence-electron chi connectivity index (χ1n) is 14.5. The molecule has 5 rings (SSSR count). The Morgan fingerprint density at radius 2 is 1.86 bits per heavy atom. The number of likely N-dealkylation sites (tertiary alicyclic amines) is 1. The topological polar surface area (TPSA) is 83.5 Å². The minimum atomic E-state index is -4.68. The van der Waals surface area contributed by atoms with Gasteiger partial charge in [0.15, 0.2) is 5.13 Å². The largest absolute Gasteiger partial charge is 0.469 e. The molecule has 2 aliphatic heterocycles. The summed E-state index contributed by atoms with van der Waals surface area (Å²) in [6, 6.07) is 4.74. The molecule has 232 valence electrons. The average Bonchev–Trinajstić information content (AvgIpc) is 3.56. The molecule has 1 atom stereocenters. The highest BCUT2D eigenvalue weighted by Crippen LogP contribution is 2.38. The molecule has 43 heavy (non-hydrogen) atoms. The highest BCUT2D eigenvalue weighted by molar-refractivity contribution is 7.16. The van der Waals surface area contributed by atoms with Gasteiger partial charge in [0.25, 0.3) is 0 Å². The van der Waals surface area contributed by atoms with Crippen molar-refractivity contribution in [3.8, 4) is 11.3 Å². The zero-order valence-electron chi connectivity index (χ0n) is 24.5. The molecule has 4 heterocycles. The van der Waals surface area contributed by atoms with Gasteiger partial charge in [-0.1, -0.05) is 11.3 Å². The number of rotatable bonds is 9. The fourth-order valence-corrected chi connectivity index (χ4v) is 6.82. The predicted molar refractivity (Wildman–Crippen MR) is 158 cm³/mol. The van der Waals surface area contributed by atoms with E-state index < -0.39 is 17.6 Å². The number of benzene rings is 1. The van der Waals surface area contributed by atoms with Crippen molar-refractivity contribution in [2.24, 2.45) is 5.92 Å². The van der Waals surface area contributed by atoms with Crippen LogP contribution in [0.3, 0.4) is 0 Å². The monoisotopic (exact) mass is 620 g/mol. The molecule has 2 saturated heterocycles. The molecule has 1 N–H and O–H groups in total. The van der Waals surface area contributed by atoms with Crippen LogP contribution in [0.1, 0.15) is 61.7 Å². The molecule has 2 aliphatic rings. The maximum atomic E-state index is 14.4. The third-order valence-corrected chi connectivity index (χ3v) is 9.17. The summed E-state index contributed by atoms with van der Waals surface area (Å²) in [6.07, 6.45) is 0.505. The summed E-state index contributed by atoms with van der Waals surface area (Å²) < 4.78 is 59.7. The predicted octanol–water partition coefficient (Wildman–Crippen LogP) is 6.96. The second kappa shape index (κ2) is 13.1. The fourth-order valence-electron chi connectivity index (χ4n) is 5.80. The van der Waals surface area contributed by atoms with Crippen LogP contribution in [0.2, 0.25) is 0 Å². The van der Waals surface area contributed by atoms with Crippen LogP contribution in [0.4, 0.5) is 34.3 Å². The number of hydrogen-bond donors (Lipinski definition) is 1. The van der Waals surface area contributed by atoms with E-state index in [1.165, 1.54) is 18.4 Å². The first kappa shape index (κ1) is 31.1. The van der Waals surface area contributed by atoms with Crippen molar-refractivity contribution < 1.29 is 27.1 Å². The van der Waals surface area contributed by atoms with Crippen LogP contribution in [0, 0.1) is 18.7 Å². The van der Waals surface area contributed by atoms with E-state index in [4.69, 9.17) is 4.74 Å². The molecule has 1 aromatic carbocycles. The van der Waals surface area contributed by atoms with E-state index in [2.05, 4.69) is 37.0 Å². The van der Waals surface area contributed by atoms with Crippen molar-refractivity contribution in [1.82, 2.24) is 19.9 Å². The summed E-state index contributed by atoms with van der Waals surface area (Å²) in [4.78, 5) is 30.6. The summed E-state index contributed by atoms with van der Waals surface area (Å²) in [5.41, 5.74) is -0.625. The number of carbonyl (C=O) groups excluding carboxylic acids is 1. The van der Waals surface area contributed by atoms with Gasteiger partial charge in [0.05, 0.1) is 18.4 Å². The van der Waals surface area contributed by atoms with Crippen LogP contribution in [0.25, 0.3) is 11.3 Å². The Morgan fingerprint density at radius 1 is 1.09 bits per heavy atom. The SMILES string of the molecule is COC(=O)CCC1CCN(c2cc(Nc3nc(-c4cc(F)cc(C(F)(F)F)c4)c(CN4CCC[C@H]4C)s3)nc(C)n2)CC1. The van der Waals surface area contributed by atoms with Crippen LogP contribution in [-0.4, -0.2) is 58.6 Å². The molecule has 0 radical (unpaired) electrons. The quantitative estimate of drug-likeness (QED) is 0.203. The van der Waals surface area contributed by atoms with Gasteiger partial charge in [0.1, 0.15) is 23.3 Å². The smallest absolute Gasteiger partial charge is 0.416 e. The Morgan fingerprint density at radius 3 is 2.53 bits per heavy atom. The maximum absolute atomic E-state index is 14.4. The molecule has 2 aromatic heterocycles. The molecule has 0 saturated carbocycles. The number of aryl methyl sites for hydroxylation is 1. The van der Waals surface area contributed by atoms with Crippen LogP contribution in [0.5, 0.6) is 0 Å². The number of aromatic nitrogens is 3. The second-order valence-electron chi connectivity index (χ2n) is 11.3. The molecule has 0 unspecified atom stereocenters. The summed E-state index contributed by atoms with van der Waals surface area (Å²) >= 11 is 1.34. The second-order valence-corrected chi connectivity index (χ2v) is 12.4. The number of thiazole rings is 1. The number of piperidine rings is 1. The van der Waals surface area contributed by atoms with E-state index in [1.807, 2.05) is 6.07 Å². The number of nitrogens with zero attached hydrogens (tertiary/aromatic N) is 5. The zero-order valence-corrected chi connectivity index (χ0v) is 25.3. The number of halogens is 4. The van der Waals surface area contributed by atoms with Gasteiger partial charge in [-0.05, 0) is 76.6 Å².